The molecule has 0 saturated carbocycles. The molecule has 4 saturated heterocycles. The zero-order chi connectivity index (χ0) is 34.2. The van der Waals surface area contributed by atoms with Crippen LogP contribution >= 0.6 is 0 Å². The summed E-state index contributed by atoms with van der Waals surface area (Å²) in [6, 6.07) is 0. The van der Waals surface area contributed by atoms with Crippen LogP contribution in [0.15, 0.2) is 0 Å². The molecule has 22 heteroatoms. The monoisotopic (exact) mass is 680 g/mol. The molecule has 14 N–H and O–H groups in total. The Bertz CT molecular complexity index is 990. The van der Waals surface area contributed by atoms with E-state index in [4.69, 9.17) is 33.2 Å². The third-order valence-electron chi connectivity index (χ3n) is 8.17. The third-order valence-corrected chi connectivity index (χ3v) is 8.17. The van der Waals surface area contributed by atoms with E-state index in [1.807, 2.05) is 0 Å². The van der Waals surface area contributed by atoms with Gasteiger partial charge in [-0.3, -0.25) is 0 Å². The van der Waals surface area contributed by atoms with Gasteiger partial charge in [-0.1, -0.05) is 0 Å². The Morgan fingerprint density at radius 1 is 0.457 bits per heavy atom. The summed E-state index contributed by atoms with van der Waals surface area (Å²) in [6.45, 7) is -2.72. The number of carboxylic acids is 1. The molecule has 268 valence electrons. The van der Waals surface area contributed by atoms with E-state index >= 15 is 0 Å². The van der Waals surface area contributed by atoms with E-state index in [-0.39, 0.29) is 0 Å². The van der Waals surface area contributed by atoms with Crippen molar-refractivity contribution >= 4 is 5.97 Å². The second-order valence-corrected chi connectivity index (χ2v) is 11.2. The fourth-order valence-electron chi connectivity index (χ4n) is 5.49. The van der Waals surface area contributed by atoms with Crippen molar-refractivity contribution in [2.75, 3.05) is 19.8 Å². The van der Waals surface area contributed by atoms with Crippen molar-refractivity contribution in [2.45, 2.75) is 123 Å². The van der Waals surface area contributed by atoms with Crippen molar-refractivity contribution in [3.63, 3.8) is 0 Å². The fraction of sp³-hybridized carbons (Fsp3) is 0.958. The van der Waals surface area contributed by atoms with E-state index in [9.17, 15) is 76.3 Å². The van der Waals surface area contributed by atoms with Gasteiger partial charge >= 0.3 is 5.97 Å². The molecule has 20 atom stereocenters. The lowest BCUT2D eigenvalue weighted by atomic mass is 9.95. The second kappa shape index (κ2) is 15.5. The van der Waals surface area contributed by atoms with Gasteiger partial charge < -0.3 is 105 Å². The Balaban J connectivity index is 1.58. The second-order valence-electron chi connectivity index (χ2n) is 11.2. The maximum absolute atomic E-state index is 11.5. The average molecular weight is 681 g/mol. The Kier molecular flexibility index (Phi) is 12.6. The molecule has 0 aromatic heterocycles. The van der Waals surface area contributed by atoms with Gasteiger partial charge in [0.2, 0.25) is 0 Å². The van der Waals surface area contributed by atoms with Gasteiger partial charge in [-0.05, 0) is 0 Å². The number of ether oxygens (including phenoxy) is 7. The van der Waals surface area contributed by atoms with Gasteiger partial charge in [0.25, 0.3) is 0 Å². The molecule has 22 nitrogen and oxygen atoms in total. The molecule has 0 aliphatic carbocycles. The van der Waals surface area contributed by atoms with Crippen LogP contribution in [0.4, 0.5) is 0 Å². The van der Waals surface area contributed by atoms with Crippen LogP contribution in [0.1, 0.15) is 0 Å². The molecule has 4 rings (SSSR count). The van der Waals surface area contributed by atoms with Crippen LogP contribution in [-0.2, 0) is 38.0 Å². The SMILES string of the molecule is O=C(O)[C@H]1O[C@@H](O[C@H]2[C@@H](O)[C@@H](CO)O[C@H](O[C@H]3[C@H](O)[C@@H](CO)O[C@H](O)[C@H]3O[C@@H]3O[C@H](CO)[C@H](O)[C@H](O)[C@H]3O)[C@@H]2O)[C@H](O)[C@@H](O)[C@@H]1O. The highest BCUT2D eigenvalue weighted by molar-refractivity contribution is 5.73. The molecule has 4 fully saturated rings. The van der Waals surface area contributed by atoms with E-state index < -0.39 is 149 Å². The molecule has 0 unspecified atom stereocenters. The van der Waals surface area contributed by atoms with Crippen molar-refractivity contribution < 1.29 is 109 Å². The highest BCUT2D eigenvalue weighted by Gasteiger charge is 2.56. The Morgan fingerprint density at radius 2 is 0.870 bits per heavy atom. The number of aliphatic carboxylic acids is 1. The first kappa shape index (κ1) is 37.5. The molecule has 0 spiro atoms. The molecule has 0 aromatic carbocycles. The highest BCUT2D eigenvalue weighted by Crippen LogP contribution is 2.34. The number of carboxylic acid groups (broad SMARTS) is 1. The van der Waals surface area contributed by atoms with Crippen LogP contribution in [0, 0.1) is 0 Å². The lowest BCUT2D eigenvalue weighted by Gasteiger charge is -2.49. The summed E-state index contributed by atoms with van der Waals surface area (Å²) < 4.78 is 37.4. The smallest absolute Gasteiger partial charge is 0.335 e. The molecule has 0 bridgehead atoms. The molecular formula is C24H40O22. The zero-order valence-electron chi connectivity index (χ0n) is 23.7. The van der Waals surface area contributed by atoms with Crippen LogP contribution in [0.3, 0.4) is 0 Å². The van der Waals surface area contributed by atoms with Gasteiger partial charge in [0.05, 0.1) is 19.8 Å². The Morgan fingerprint density at radius 3 is 1.41 bits per heavy atom. The molecule has 0 aromatic rings. The molecule has 46 heavy (non-hydrogen) atoms. The molecule has 0 amide bonds. The number of aliphatic hydroxyl groups is 13. The first-order valence-electron chi connectivity index (χ1n) is 14.1. The maximum Gasteiger partial charge on any atom is 0.335 e. The number of carbonyl (C=O) groups is 1. The fourth-order valence-corrected chi connectivity index (χ4v) is 5.49. The Labute approximate surface area is 258 Å². The molecule has 4 aliphatic rings. The quantitative estimate of drug-likeness (QED) is 0.102. The summed E-state index contributed by atoms with van der Waals surface area (Å²) in [7, 11) is 0. The maximum atomic E-state index is 11.5. The van der Waals surface area contributed by atoms with E-state index in [0.717, 1.165) is 0 Å². The minimum Gasteiger partial charge on any atom is -0.479 e. The average Bonchev–Trinajstić information content (AvgIpc) is 3.03. The topological polar surface area (TPSA) is 365 Å². The van der Waals surface area contributed by atoms with E-state index in [1.54, 1.807) is 0 Å². The van der Waals surface area contributed by atoms with Crippen LogP contribution in [0.2, 0.25) is 0 Å². The number of hydrogen-bond donors (Lipinski definition) is 14. The van der Waals surface area contributed by atoms with E-state index in [0.29, 0.717) is 0 Å². The van der Waals surface area contributed by atoms with Crippen LogP contribution in [-0.4, -0.2) is 220 Å². The van der Waals surface area contributed by atoms with Crippen molar-refractivity contribution in [3.05, 3.63) is 0 Å². The largest absolute Gasteiger partial charge is 0.479 e. The predicted molar refractivity (Wildman–Crippen MR) is 134 cm³/mol. The zero-order valence-corrected chi connectivity index (χ0v) is 23.7. The van der Waals surface area contributed by atoms with Gasteiger partial charge in [-0.2, -0.15) is 0 Å². The van der Waals surface area contributed by atoms with E-state index in [2.05, 4.69) is 0 Å². The van der Waals surface area contributed by atoms with Gasteiger partial charge in [0.15, 0.2) is 31.3 Å². The summed E-state index contributed by atoms with van der Waals surface area (Å²) in [5.74, 6) is -1.76. The van der Waals surface area contributed by atoms with Crippen molar-refractivity contribution in [1.29, 1.82) is 0 Å². The number of aliphatic hydroxyl groups excluding tert-OH is 13. The molecule has 4 aliphatic heterocycles. The van der Waals surface area contributed by atoms with Crippen LogP contribution < -0.4 is 0 Å². The summed E-state index contributed by atoms with van der Waals surface area (Å²) >= 11 is 0. The number of rotatable bonds is 10. The summed E-state index contributed by atoms with van der Waals surface area (Å²) in [5, 5.41) is 143. The first-order chi connectivity index (χ1) is 21.7. The van der Waals surface area contributed by atoms with E-state index in [1.165, 1.54) is 0 Å². The normalized spacial score (nSPS) is 51.9. The molecule has 4 heterocycles. The predicted octanol–water partition coefficient (Wildman–Crippen LogP) is -9.66. The third kappa shape index (κ3) is 7.31. The lowest BCUT2D eigenvalue weighted by Crippen LogP contribution is -2.68. The number of hydrogen-bond acceptors (Lipinski definition) is 21. The molecule has 0 radical (unpaired) electrons. The standard InChI is InChI=1S/C24H40O22/c25-1-4-7(28)10(31)13(34)22(41-4)46-19-17(9(30)5(2-26)40-21(19)39)44-24-15(36)16(8(29)6(3-27)42-24)43-23-14(35)11(32)12(33)18(45-23)20(37)38/h4-19,21-36,39H,1-3H2,(H,37,38)/t4-,5-,6-,7+,8+,9-,10+,11+,12+,13-,14-,15-,16+,17+,18+,19+,21+,22+,23-,24-/m1/s1. The minimum absolute atomic E-state index is 0.847. The lowest BCUT2D eigenvalue weighted by molar-refractivity contribution is -0.395. The highest BCUT2D eigenvalue weighted by atomic mass is 16.8. The van der Waals surface area contributed by atoms with Gasteiger partial charge in [-0.15, -0.1) is 0 Å². The summed E-state index contributed by atoms with van der Waals surface area (Å²) in [4.78, 5) is 11.5. The van der Waals surface area contributed by atoms with Gasteiger partial charge in [0, 0.05) is 0 Å². The van der Waals surface area contributed by atoms with Gasteiger partial charge in [-0.25, -0.2) is 4.79 Å². The van der Waals surface area contributed by atoms with Crippen LogP contribution in [0.25, 0.3) is 0 Å². The minimum atomic E-state index is -2.16. The van der Waals surface area contributed by atoms with Crippen molar-refractivity contribution in [1.82, 2.24) is 0 Å². The van der Waals surface area contributed by atoms with Crippen LogP contribution in [0.5, 0.6) is 0 Å². The molecular weight excluding hydrogens is 640 g/mol. The summed E-state index contributed by atoms with van der Waals surface area (Å²) in [6.07, 6.45) is -38.7. The van der Waals surface area contributed by atoms with Gasteiger partial charge in [0.1, 0.15) is 91.6 Å². The Hall–Kier alpha value is -1.33. The van der Waals surface area contributed by atoms with Crippen molar-refractivity contribution in [2.24, 2.45) is 0 Å². The van der Waals surface area contributed by atoms with Crippen molar-refractivity contribution in [3.8, 4) is 0 Å². The summed E-state index contributed by atoms with van der Waals surface area (Å²) in [5.41, 5.74) is 0. The first-order valence-corrected chi connectivity index (χ1v) is 14.1.